The monoisotopic (exact) mass is 746 g/mol. The molecule has 0 atom stereocenters. The Bertz CT molecular complexity index is 2130. The third-order valence-electron chi connectivity index (χ3n) is 7.59. The second-order valence-electron chi connectivity index (χ2n) is 11.2. The van der Waals surface area contributed by atoms with Gasteiger partial charge in [0.05, 0.1) is 26.4 Å². The van der Waals surface area contributed by atoms with Crippen LogP contribution in [0.5, 0.6) is 5.75 Å². The van der Waals surface area contributed by atoms with Crippen LogP contribution in [0.15, 0.2) is 106 Å². The topological polar surface area (TPSA) is 110 Å². The molecular weight excluding hydrogens is 715 g/mol. The zero-order valence-electron chi connectivity index (χ0n) is 26.0. The summed E-state index contributed by atoms with van der Waals surface area (Å²) in [4.78, 5) is 19.9. The van der Waals surface area contributed by atoms with Gasteiger partial charge in [-0.05, 0) is 96.1 Å². The maximum atomic E-state index is 13.5. The number of hydrogen-bond donors (Lipinski definition) is 1. The Kier molecular flexibility index (Phi) is 10.7. The van der Waals surface area contributed by atoms with Gasteiger partial charge in [-0.25, -0.2) is 32.7 Å². The number of rotatable bonds is 14. The number of anilines is 2. The summed E-state index contributed by atoms with van der Waals surface area (Å²) in [6.45, 7) is 1.44. The minimum atomic E-state index is -3.41. The number of thiazole rings is 1. The summed E-state index contributed by atoms with van der Waals surface area (Å²) in [7, 11) is -1.48. The predicted octanol–water partition coefficient (Wildman–Crippen LogP) is 7.71. The number of halogens is 2. The van der Waals surface area contributed by atoms with Crippen LogP contribution in [-0.2, 0) is 22.9 Å². The molecule has 246 valence electrons. The van der Waals surface area contributed by atoms with Gasteiger partial charge in [-0.1, -0.05) is 24.3 Å². The number of sulfone groups is 1. The zero-order chi connectivity index (χ0) is 33.5. The van der Waals surface area contributed by atoms with E-state index in [0.717, 1.165) is 62.3 Å². The molecule has 0 aliphatic carbocycles. The molecule has 13 heteroatoms. The molecule has 3 heterocycles. The molecule has 0 amide bonds. The smallest absolute Gasteiger partial charge is 0.196 e. The predicted molar refractivity (Wildman–Crippen MR) is 191 cm³/mol. The lowest BCUT2D eigenvalue weighted by Crippen LogP contribution is -2.27. The van der Waals surface area contributed by atoms with Gasteiger partial charge in [-0.3, -0.25) is 0 Å². The molecule has 6 aromatic rings. The van der Waals surface area contributed by atoms with E-state index >= 15 is 0 Å². The lowest BCUT2D eigenvalue weighted by atomic mass is 10.1. The molecule has 0 fully saturated rings. The standard InChI is InChI=1S/C35H32BrFN6O3S2/c1-43(16-17-48(44,45)34-9-2-3-14-38-34)15-5-8-33-42-31(22-47-33)25-10-12-30-28(19-25)35(40-23-39-30)41-27-11-13-32(29(36)20-27)46-21-24-6-4-7-26(37)18-24/h2-4,6-7,9-14,18-20,22-23H,5,8,15-17,21H2,1H3,(H,39,40,41). The average molecular weight is 748 g/mol. The summed E-state index contributed by atoms with van der Waals surface area (Å²) < 4.78 is 45.2. The van der Waals surface area contributed by atoms with E-state index < -0.39 is 9.84 Å². The lowest BCUT2D eigenvalue weighted by Gasteiger charge is -2.15. The van der Waals surface area contributed by atoms with E-state index in [4.69, 9.17) is 9.72 Å². The third kappa shape index (κ3) is 8.58. The number of aryl methyl sites for hydroxylation is 1. The number of nitrogens with one attached hydrogen (secondary N) is 1. The van der Waals surface area contributed by atoms with Gasteiger partial charge in [0.2, 0.25) is 0 Å². The number of fused-ring (bicyclic) bond motifs is 1. The maximum absolute atomic E-state index is 13.5. The molecule has 0 radical (unpaired) electrons. The number of nitrogens with zero attached hydrogens (tertiary/aromatic N) is 5. The normalized spacial score (nSPS) is 11.7. The molecule has 48 heavy (non-hydrogen) atoms. The van der Waals surface area contributed by atoms with Crippen molar-refractivity contribution in [1.29, 1.82) is 0 Å². The minimum Gasteiger partial charge on any atom is -0.488 e. The largest absolute Gasteiger partial charge is 0.488 e. The number of ether oxygens (including phenoxy) is 1. The van der Waals surface area contributed by atoms with Gasteiger partial charge >= 0.3 is 0 Å². The Morgan fingerprint density at radius 2 is 1.88 bits per heavy atom. The highest BCUT2D eigenvalue weighted by Crippen LogP contribution is 2.33. The highest BCUT2D eigenvalue weighted by atomic mass is 79.9. The summed E-state index contributed by atoms with van der Waals surface area (Å²) in [5, 5.41) is 7.44. The first-order chi connectivity index (χ1) is 23.2. The first-order valence-corrected chi connectivity index (χ1v) is 18.5. The SMILES string of the molecule is CN(CCCc1nc(-c2ccc3ncnc(Nc4ccc(OCc5cccc(F)c5)c(Br)c4)c3c2)cs1)CCS(=O)(=O)c1ccccn1. The van der Waals surface area contributed by atoms with Gasteiger partial charge in [0.1, 0.15) is 30.3 Å². The number of hydrogen-bond acceptors (Lipinski definition) is 10. The van der Waals surface area contributed by atoms with Crippen LogP contribution in [0.3, 0.4) is 0 Å². The van der Waals surface area contributed by atoms with E-state index in [1.165, 1.54) is 30.7 Å². The van der Waals surface area contributed by atoms with Crippen molar-refractivity contribution < 1.29 is 17.5 Å². The molecule has 0 aliphatic rings. The van der Waals surface area contributed by atoms with Crippen molar-refractivity contribution in [3.05, 3.63) is 118 Å². The molecule has 0 bridgehead atoms. The van der Waals surface area contributed by atoms with Crippen molar-refractivity contribution in [3.63, 3.8) is 0 Å². The Morgan fingerprint density at radius 3 is 2.69 bits per heavy atom. The van der Waals surface area contributed by atoms with E-state index in [-0.39, 0.29) is 23.2 Å². The van der Waals surface area contributed by atoms with Gasteiger partial charge in [0.15, 0.2) is 14.9 Å². The van der Waals surface area contributed by atoms with E-state index in [0.29, 0.717) is 18.1 Å². The highest BCUT2D eigenvalue weighted by molar-refractivity contribution is 9.10. The Hall–Kier alpha value is -4.30. The molecule has 1 N–H and O–H groups in total. The van der Waals surface area contributed by atoms with Crippen LogP contribution in [-0.4, -0.2) is 59.1 Å². The van der Waals surface area contributed by atoms with Crippen LogP contribution >= 0.6 is 27.3 Å². The Balaban J connectivity index is 1.06. The summed E-state index contributed by atoms with van der Waals surface area (Å²) in [6, 6.07) is 22.9. The molecule has 0 spiro atoms. The lowest BCUT2D eigenvalue weighted by molar-refractivity contribution is 0.303. The quantitative estimate of drug-likeness (QED) is 0.120. The highest BCUT2D eigenvalue weighted by Gasteiger charge is 2.16. The van der Waals surface area contributed by atoms with E-state index in [1.54, 1.807) is 29.5 Å². The molecule has 9 nitrogen and oxygen atoms in total. The van der Waals surface area contributed by atoms with Gasteiger partial charge in [0, 0.05) is 41.2 Å². The van der Waals surface area contributed by atoms with Crippen LogP contribution < -0.4 is 10.1 Å². The second-order valence-corrected chi connectivity index (χ2v) is 15.0. The first kappa shape index (κ1) is 33.6. The van der Waals surface area contributed by atoms with Crippen molar-refractivity contribution >= 4 is 59.5 Å². The Morgan fingerprint density at radius 1 is 0.979 bits per heavy atom. The number of pyridine rings is 1. The summed E-state index contributed by atoms with van der Waals surface area (Å²) in [6.07, 6.45) is 4.68. The summed E-state index contributed by atoms with van der Waals surface area (Å²) in [5.74, 6) is 1.03. The van der Waals surface area contributed by atoms with Crippen LogP contribution in [0.25, 0.3) is 22.2 Å². The molecule has 0 saturated carbocycles. The fourth-order valence-electron chi connectivity index (χ4n) is 5.02. The molecule has 0 aliphatic heterocycles. The number of benzene rings is 3. The van der Waals surface area contributed by atoms with Crippen molar-refractivity contribution in [2.45, 2.75) is 24.5 Å². The van der Waals surface area contributed by atoms with Crippen LogP contribution in [0.4, 0.5) is 15.9 Å². The summed E-state index contributed by atoms with van der Waals surface area (Å²) in [5.41, 5.74) is 4.19. The molecule has 6 rings (SSSR count). The van der Waals surface area contributed by atoms with Crippen molar-refractivity contribution in [3.8, 4) is 17.0 Å². The van der Waals surface area contributed by atoms with E-state index in [9.17, 15) is 12.8 Å². The molecule has 3 aromatic carbocycles. The second kappa shape index (κ2) is 15.3. The fraction of sp³-hybridized carbons (Fsp3) is 0.200. The van der Waals surface area contributed by atoms with Gasteiger partial charge in [0.25, 0.3) is 0 Å². The fourth-order valence-corrected chi connectivity index (χ4v) is 7.63. The minimum absolute atomic E-state index is 0.0272. The van der Waals surface area contributed by atoms with Crippen LogP contribution in [0.1, 0.15) is 17.0 Å². The Labute approximate surface area is 290 Å². The van der Waals surface area contributed by atoms with E-state index in [1.807, 2.05) is 54.4 Å². The van der Waals surface area contributed by atoms with E-state index in [2.05, 4.69) is 41.6 Å². The maximum Gasteiger partial charge on any atom is 0.196 e. The third-order valence-corrected chi connectivity index (χ3v) is 10.7. The van der Waals surface area contributed by atoms with Crippen molar-refractivity contribution in [2.24, 2.45) is 0 Å². The van der Waals surface area contributed by atoms with Crippen LogP contribution in [0.2, 0.25) is 0 Å². The van der Waals surface area contributed by atoms with Gasteiger partial charge in [-0.2, -0.15) is 0 Å². The van der Waals surface area contributed by atoms with Gasteiger partial charge < -0.3 is 15.0 Å². The summed E-state index contributed by atoms with van der Waals surface area (Å²) >= 11 is 5.20. The molecule has 0 unspecified atom stereocenters. The molecular formula is C35H32BrFN6O3S2. The molecule has 3 aromatic heterocycles. The first-order valence-electron chi connectivity index (χ1n) is 15.2. The molecule has 0 saturated heterocycles. The van der Waals surface area contributed by atoms with Crippen molar-refractivity contribution in [1.82, 2.24) is 24.8 Å². The van der Waals surface area contributed by atoms with Crippen molar-refractivity contribution in [2.75, 3.05) is 31.2 Å². The number of aromatic nitrogens is 4. The van der Waals surface area contributed by atoms with Gasteiger partial charge in [-0.15, -0.1) is 11.3 Å². The average Bonchev–Trinajstić information content (AvgIpc) is 3.56. The zero-order valence-corrected chi connectivity index (χ0v) is 29.2. The van der Waals surface area contributed by atoms with Crippen LogP contribution in [0, 0.1) is 5.82 Å².